The maximum atomic E-state index is 5.08. The van der Waals surface area contributed by atoms with Crippen molar-refractivity contribution >= 4 is 43.4 Å². The summed E-state index contributed by atoms with van der Waals surface area (Å²) in [5.74, 6) is 1.92. The fourth-order valence-corrected chi connectivity index (χ4v) is 7.36. The van der Waals surface area contributed by atoms with Crippen molar-refractivity contribution in [3.8, 4) is 51.0 Å². The van der Waals surface area contributed by atoms with E-state index in [2.05, 4.69) is 138 Å². The minimum Gasteiger partial charge on any atom is -0.309 e. The lowest BCUT2D eigenvalue weighted by atomic mass is 9.95. The molecule has 0 N–H and O–H groups in total. The lowest BCUT2D eigenvalue weighted by Gasteiger charge is -2.12. The first-order valence-electron chi connectivity index (χ1n) is 16.5. The van der Waals surface area contributed by atoms with Crippen molar-refractivity contribution in [2.24, 2.45) is 0 Å². The van der Waals surface area contributed by atoms with Crippen LogP contribution in [0.5, 0.6) is 0 Å². The lowest BCUT2D eigenvalue weighted by Crippen LogP contribution is -2.01. The van der Waals surface area contributed by atoms with Gasteiger partial charge in [0, 0.05) is 33.2 Å². The third kappa shape index (κ3) is 4.42. The van der Waals surface area contributed by atoms with E-state index in [9.17, 15) is 0 Å². The molecule has 0 spiro atoms. The summed E-state index contributed by atoms with van der Waals surface area (Å²) in [6, 6.07) is 59.6. The fourth-order valence-electron chi connectivity index (χ4n) is 7.36. The van der Waals surface area contributed by atoms with Crippen LogP contribution < -0.4 is 0 Å². The number of benzene rings is 8. The zero-order chi connectivity index (χ0) is 32.3. The van der Waals surface area contributed by atoms with Crippen LogP contribution in [0.1, 0.15) is 0 Å². The van der Waals surface area contributed by atoms with E-state index in [-0.39, 0.29) is 0 Å². The molecule has 2 heterocycles. The zero-order valence-corrected chi connectivity index (χ0v) is 26.5. The summed E-state index contributed by atoms with van der Waals surface area (Å²) in [6.45, 7) is 0. The van der Waals surface area contributed by atoms with Gasteiger partial charge in [-0.3, -0.25) is 0 Å². The minimum absolute atomic E-state index is 0.636. The van der Waals surface area contributed by atoms with Crippen LogP contribution in [0.4, 0.5) is 0 Å². The Morgan fingerprint density at radius 3 is 1.31 bits per heavy atom. The van der Waals surface area contributed by atoms with Crippen LogP contribution in [0.15, 0.2) is 170 Å². The third-order valence-corrected chi connectivity index (χ3v) is 9.60. The summed E-state index contributed by atoms with van der Waals surface area (Å²) >= 11 is 0. The van der Waals surface area contributed by atoms with Crippen LogP contribution >= 0.6 is 0 Å². The second kappa shape index (κ2) is 11.0. The van der Waals surface area contributed by atoms with Gasteiger partial charge >= 0.3 is 0 Å². The van der Waals surface area contributed by atoms with Crippen LogP contribution in [0, 0.1) is 0 Å². The Morgan fingerprint density at radius 2 is 0.714 bits per heavy atom. The van der Waals surface area contributed by atoms with Gasteiger partial charge in [0.2, 0.25) is 0 Å². The number of aromatic nitrogens is 4. The van der Waals surface area contributed by atoms with Crippen molar-refractivity contribution in [2.75, 3.05) is 0 Å². The van der Waals surface area contributed by atoms with E-state index >= 15 is 0 Å². The second-order valence-corrected chi connectivity index (χ2v) is 12.4. The van der Waals surface area contributed by atoms with Gasteiger partial charge in [0.1, 0.15) is 0 Å². The van der Waals surface area contributed by atoms with Gasteiger partial charge in [-0.25, -0.2) is 15.0 Å². The largest absolute Gasteiger partial charge is 0.309 e. The zero-order valence-electron chi connectivity index (χ0n) is 26.5. The van der Waals surface area contributed by atoms with Crippen LogP contribution in [-0.4, -0.2) is 19.5 Å². The molecule has 0 aliphatic carbocycles. The molecule has 0 saturated carbocycles. The maximum Gasteiger partial charge on any atom is 0.164 e. The molecular formula is C45H28N4. The fraction of sp³-hybridized carbons (Fsp3) is 0. The van der Waals surface area contributed by atoms with Crippen molar-refractivity contribution in [3.63, 3.8) is 0 Å². The molecule has 0 amide bonds. The topological polar surface area (TPSA) is 43.6 Å². The Morgan fingerprint density at radius 1 is 0.306 bits per heavy atom. The Balaban J connectivity index is 1.16. The highest BCUT2D eigenvalue weighted by molar-refractivity contribution is 6.34. The molecule has 0 fully saturated rings. The van der Waals surface area contributed by atoms with Crippen LogP contribution in [-0.2, 0) is 0 Å². The van der Waals surface area contributed by atoms with Gasteiger partial charge in [0.25, 0.3) is 0 Å². The monoisotopic (exact) mass is 624 g/mol. The lowest BCUT2D eigenvalue weighted by molar-refractivity contribution is 1.07. The molecule has 228 valence electrons. The van der Waals surface area contributed by atoms with Gasteiger partial charge in [0.05, 0.1) is 11.0 Å². The minimum atomic E-state index is 0.636. The molecule has 0 aliphatic heterocycles. The molecule has 4 heteroatoms. The quantitative estimate of drug-likeness (QED) is 0.179. The highest BCUT2D eigenvalue weighted by Crippen LogP contribution is 2.43. The molecule has 0 unspecified atom stereocenters. The van der Waals surface area contributed by atoms with E-state index in [0.29, 0.717) is 17.5 Å². The number of rotatable bonds is 5. The van der Waals surface area contributed by atoms with Crippen molar-refractivity contribution in [3.05, 3.63) is 170 Å². The Kier molecular flexibility index (Phi) is 6.15. The predicted octanol–water partition coefficient (Wildman–Crippen LogP) is 11.4. The van der Waals surface area contributed by atoms with E-state index < -0.39 is 0 Å². The van der Waals surface area contributed by atoms with E-state index in [1.54, 1.807) is 0 Å². The average molecular weight is 625 g/mol. The van der Waals surface area contributed by atoms with Gasteiger partial charge < -0.3 is 4.57 Å². The van der Waals surface area contributed by atoms with Crippen molar-refractivity contribution in [1.82, 2.24) is 19.5 Å². The van der Waals surface area contributed by atoms with Gasteiger partial charge in [-0.05, 0) is 56.9 Å². The molecule has 49 heavy (non-hydrogen) atoms. The molecule has 0 aliphatic rings. The van der Waals surface area contributed by atoms with Gasteiger partial charge in [-0.1, -0.05) is 146 Å². The summed E-state index contributed by atoms with van der Waals surface area (Å²) in [7, 11) is 0. The Bertz CT molecular complexity index is 2710. The van der Waals surface area contributed by atoms with E-state index in [4.69, 9.17) is 15.0 Å². The smallest absolute Gasteiger partial charge is 0.164 e. The molecule has 4 nitrogen and oxygen atoms in total. The highest BCUT2D eigenvalue weighted by atomic mass is 15.0. The summed E-state index contributed by atoms with van der Waals surface area (Å²) in [5.41, 5.74) is 8.59. The Labute approximate surface area is 283 Å². The summed E-state index contributed by atoms with van der Waals surface area (Å²) < 4.78 is 2.38. The molecule has 0 bridgehead atoms. The summed E-state index contributed by atoms with van der Waals surface area (Å²) in [6.07, 6.45) is 0. The van der Waals surface area contributed by atoms with Crippen LogP contribution in [0.25, 0.3) is 94.3 Å². The molecule has 0 saturated heterocycles. The van der Waals surface area contributed by atoms with Gasteiger partial charge in [-0.15, -0.1) is 0 Å². The van der Waals surface area contributed by atoms with E-state index in [1.807, 2.05) is 36.4 Å². The molecule has 0 atom stereocenters. The summed E-state index contributed by atoms with van der Waals surface area (Å²) in [5, 5.41) is 7.71. The molecule has 2 aromatic heterocycles. The van der Waals surface area contributed by atoms with E-state index in [1.165, 1.54) is 48.9 Å². The molecule has 0 radical (unpaired) electrons. The SMILES string of the molecule is c1ccc(-c2ccc(-c3nc(-c4ccccc4)nc(-c4cccc(-n5c6cccc7c8ccccc8c8cccc5c8c76)c4)n3)cc2)cc1. The first-order valence-corrected chi connectivity index (χ1v) is 16.5. The molecule has 10 rings (SSSR count). The first kappa shape index (κ1) is 27.5. The molecular weight excluding hydrogens is 597 g/mol. The maximum absolute atomic E-state index is 5.08. The normalized spacial score (nSPS) is 11.7. The molecule has 8 aromatic carbocycles. The van der Waals surface area contributed by atoms with E-state index in [0.717, 1.165) is 27.9 Å². The predicted molar refractivity (Wildman–Crippen MR) is 202 cm³/mol. The van der Waals surface area contributed by atoms with Gasteiger partial charge in [-0.2, -0.15) is 0 Å². The van der Waals surface area contributed by atoms with Crippen LogP contribution in [0.3, 0.4) is 0 Å². The number of hydrogen-bond acceptors (Lipinski definition) is 3. The summed E-state index contributed by atoms with van der Waals surface area (Å²) in [4.78, 5) is 15.1. The van der Waals surface area contributed by atoms with Crippen molar-refractivity contribution in [2.45, 2.75) is 0 Å². The number of fused-ring (bicyclic) bond motifs is 3. The number of nitrogens with zero attached hydrogens (tertiary/aromatic N) is 4. The van der Waals surface area contributed by atoms with Crippen LogP contribution in [0.2, 0.25) is 0 Å². The van der Waals surface area contributed by atoms with Crippen molar-refractivity contribution < 1.29 is 0 Å². The van der Waals surface area contributed by atoms with Crippen molar-refractivity contribution in [1.29, 1.82) is 0 Å². The Hall–Kier alpha value is -6.65. The third-order valence-electron chi connectivity index (χ3n) is 9.60. The second-order valence-electron chi connectivity index (χ2n) is 12.4. The molecule has 10 aromatic rings. The first-order chi connectivity index (χ1) is 24.3. The standard InChI is InChI=1S/C45H28N4/c1-3-12-29(13-4-1)30-24-26-32(27-25-30)44-46-43(31-14-5-2-6-15-31)47-45(48-44)33-16-9-17-34(28-33)49-39-22-10-20-37-35-18-7-8-19-36(35)38-21-11-23-40(49)42(38)41(37)39/h1-28H. The van der Waals surface area contributed by atoms with Gasteiger partial charge in [0.15, 0.2) is 17.5 Å². The number of hydrogen-bond donors (Lipinski definition) is 0. The average Bonchev–Trinajstić information content (AvgIpc) is 3.53. The highest BCUT2D eigenvalue weighted by Gasteiger charge is 2.20.